The molecule has 10 nitrogen and oxygen atoms in total. The molecule has 10 heteroatoms. The molecule has 2 aliphatic rings. The standard InChI is InChI=1S/C26H28N4O2.C14H19N3O/c1-3-20-12-11-18(14-21(20)4-2)15-26(27,25(31)32)24-29-22-9-5-6-10-23(22)30(24)17-19-8-7-13-28-16-19;18-14-16-13-4-2-1-3-11(13)7-10-17(14)12-5-8-15-9-6-12/h5-14,16H,3-4,15,17,27H2,1-2H3,(H,31,32);1-4,12,15H,5-10H2,(H,16,18). The number of para-hydroxylation sites is 3. The second-order valence-electron chi connectivity index (χ2n) is 13.1. The van der Waals surface area contributed by atoms with Gasteiger partial charge in [-0.15, -0.1) is 0 Å². The summed E-state index contributed by atoms with van der Waals surface area (Å²) >= 11 is 0. The van der Waals surface area contributed by atoms with Crippen molar-refractivity contribution in [2.75, 3.05) is 25.0 Å². The number of rotatable bonds is 9. The molecule has 1 atom stereocenters. The van der Waals surface area contributed by atoms with Gasteiger partial charge in [-0.1, -0.05) is 68.4 Å². The molecule has 0 saturated carbocycles. The fourth-order valence-corrected chi connectivity index (χ4v) is 7.14. The Bertz CT molecular complexity index is 1940. The van der Waals surface area contributed by atoms with E-state index in [9.17, 15) is 14.7 Å². The van der Waals surface area contributed by atoms with Crippen LogP contribution in [-0.2, 0) is 42.6 Å². The first kappa shape index (κ1) is 34.8. The summed E-state index contributed by atoms with van der Waals surface area (Å²) in [6.07, 6.45) is 8.53. The Morgan fingerprint density at radius 3 is 2.46 bits per heavy atom. The number of fused-ring (bicyclic) bond motifs is 2. The Morgan fingerprint density at radius 1 is 0.960 bits per heavy atom. The van der Waals surface area contributed by atoms with Crippen LogP contribution in [0.15, 0.2) is 91.3 Å². The quantitative estimate of drug-likeness (QED) is 0.153. The van der Waals surface area contributed by atoms with Gasteiger partial charge in [0.05, 0.1) is 17.6 Å². The molecule has 1 fully saturated rings. The van der Waals surface area contributed by atoms with Crippen molar-refractivity contribution in [3.8, 4) is 0 Å². The number of hydrogen-bond acceptors (Lipinski definition) is 6. The maximum Gasteiger partial charge on any atom is 0.331 e. The maximum atomic E-state index is 12.6. The second-order valence-corrected chi connectivity index (χ2v) is 13.1. The summed E-state index contributed by atoms with van der Waals surface area (Å²) in [5, 5.41) is 16.7. The molecular weight excluding hydrogens is 626 g/mol. The van der Waals surface area contributed by atoms with E-state index in [2.05, 4.69) is 47.7 Å². The first-order chi connectivity index (χ1) is 24.3. The van der Waals surface area contributed by atoms with Crippen LogP contribution in [0.1, 0.15) is 60.3 Å². The minimum atomic E-state index is -1.68. The number of pyridine rings is 1. The number of urea groups is 1. The van der Waals surface area contributed by atoms with E-state index in [1.807, 2.05) is 70.1 Å². The molecule has 4 heterocycles. The van der Waals surface area contributed by atoms with Gasteiger partial charge in [0.1, 0.15) is 5.82 Å². The number of carbonyl (C=O) groups excluding carboxylic acids is 1. The Balaban J connectivity index is 0.000000202. The number of carboxylic acids is 1. The van der Waals surface area contributed by atoms with Crippen LogP contribution in [0.4, 0.5) is 10.5 Å². The van der Waals surface area contributed by atoms with E-state index in [1.165, 1.54) is 16.7 Å². The maximum absolute atomic E-state index is 12.6. The van der Waals surface area contributed by atoms with E-state index in [0.717, 1.165) is 79.6 Å². The van der Waals surface area contributed by atoms with Crippen LogP contribution in [0.2, 0.25) is 0 Å². The fourth-order valence-electron chi connectivity index (χ4n) is 7.14. The number of carboxylic acid groups (broad SMARTS) is 1. The molecule has 1 saturated heterocycles. The molecule has 2 aromatic heterocycles. The SMILES string of the molecule is CCc1ccc(CC(N)(C(=O)O)c2nc3ccccc3n2Cc2cccnc2)cc1CC.O=C1Nc2ccccc2CCN1C1CCNCC1. The smallest absolute Gasteiger partial charge is 0.331 e. The number of amides is 2. The zero-order valence-corrected chi connectivity index (χ0v) is 28.9. The van der Waals surface area contributed by atoms with Crippen LogP contribution in [0.25, 0.3) is 11.0 Å². The summed E-state index contributed by atoms with van der Waals surface area (Å²) in [6.45, 7) is 7.53. The van der Waals surface area contributed by atoms with Crippen molar-refractivity contribution in [1.29, 1.82) is 0 Å². The fraction of sp³-hybridized carbons (Fsp3) is 0.350. The number of carbonyl (C=O) groups is 2. The van der Waals surface area contributed by atoms with Gasteiger partial charge in [-0.3, -0.25) is 4.98 Å². The molecule has 50 heavy (non-hydrogen) atoms. The molecule has 0 bridgehead atoms. The average molecular weight is 674 g/mol. The van der Waals surface area contributed by atoms with Crippen molar-refractivity contribution in [2.24, 2.45) is 5.73 Å². The summed E-state index contributed by atoms with van der Waals surface area (Å²) in [5.41, 5.74) is 13.1. The summed E-state index contributed by atoms with van der Waals surface area (Å²) in [7, 11) is 0. The van der Waals surface area contributed by atoms with Crippen molar-refractivity contribution >= 4 is 28.7 Å². The highest BCUT2D eigenvalue weighted by molar-refractivity contribution is 5.91. The molecule has 0 spiro atoms. The third kappa shape index (κ3) is 7.56. The average Bonchev–Trinajstić information content (AvgIpc) is 3.42. The van der Waals surface area contributed by atoms with Gasteiger partial charge in [-0.2, -0.15) is 0 Å². The number of piperidine rings is 1. The van der Waals surface area contributed by atoms with Crippen LogP contribution in [0, 0.1) is 0 Å². The van der Waals surface area contributed by atoms with Crippen molar-refractivity contribution in [2.45, 2.75) is 70.5 Å². The van der Waals surface area contributed by atoms with E-state index >= 15 is 0 Å². The van der Waals surface area contributed by atoms with E-state index in [1.54, 1.807) is 12.4 Å². The highest BCUT2D eigenvalue weighted by Crippen LogP contribution is 2.29. The molecule has 0 aliphatic carbocycles. The predicted octanol–water partition coefficient (Wildman–Crippen LogP) is 5.91. The summed E-state index contributed by atoms with van der Waals surface area (Å²) in [4.78, 5) is 35.8. The number of nitrogens with zero attached hydrogens (tertiary/aromatic N) is 4. The highest BCUT2D eigenvalue weighted by Gasteiger charge is 2.41. The Hall–Kier alpha value is -5.06. The topological polar surface area (TPSA) is 138 Å². The number of aliphatic carboxylic acids is 1. The van der Waals surface area contributed by atoms with Gasteiger partial charge in [0.25, 0.3) is 0 Å². The van der Waals surface area contributed by atoms with Gasteiger partial charge >= 0.3 is 12.0 Å². The summed E-state index contributed by atoms with van der Waals surface area (Å²) < 4.78 is 1.90. The number of aryl methyl sites for hydroxylation is 2. The summed E-state index contributed by atoms with van der Waals surface area (Å²) in [6, 6.07) is 26.1. The number of benzene rings is 3. The number of anilines is 1. The molecule has 260 valence electrons. The van der Waals surface area contributed by atoms with Gasteiger partial charge < -0.3 is 30.9 Å². The van der Waals surface area contributed by atoms with E-state index in [0.29, 0.717) is 18.4 Å². The highest BCUT2D eigenvalue weighted by atomic mass is 16.4. The van der Waals surface area contributed by atoms with Gasteiger partial charge in [0, 0.05) is 37.1 Å². The molecule has 2 amide bonds. The zero-order valence-electron chi connectivity index (χ0n) is 28.9. The van der Waals surface area contributed by atoms with Gasteiger partial charge in [-0.05, 0) is 97.3 Å². The lowest BCUT2D eigenvalue weighted by molar-refractivity contribution is -0.144. The third-order valence-corrected chi connectivity index (χ3v) is 9.91. The predicted molar refractivity (Wildman–Crippen MR) is 197 cm³/mol. The lowest BCUT2D eigenvalue weighted by atomic mass is 9.88. The van der Waals surface area contributed by atoms with Crippen LogP contribution in [-0.4, -0.2) is 62.2 Å². The first-order valence-electron chi connectivity index (χ1n) is 17.6. The molecule has 0 radical (unpaired) electrons. The number of hydrogen-bond donors (Lipinski definition) is 4. The lowest BCUT2D eigenvalue weighted by Gasteiger charge is -2.33. The Labute approximate surface area is 293 Å². The van der Waals surface area contributed by atoms with Crippen molar-refractivity contribution in [1.82, 2.24) is 24.8 Å². The molecule has 5 N–H and O–H groups in total. The van der Waals surface area contributed by atoms with E-state index in [-0.39, 0.29) is 12.5 Å². The number of aromatic nitrogens is 3. The van der Waals surface area contributed by atoms with Crippen molar-refractivity contribution < 1.29 is 14.7 Å². The Morgan fingerprint density at radius 2 is 1.72 bits per heavy atom. The van der Waals surface area contributed by atoms with Crippen molar-refractivity contribution in [3.05, 3.63) is 125 Å². The normalized spacial score (nSPS) is 16.1. The molecule has 2 aliphatic heterocycles. The Kier molecular flexibility index (Phi) is 10.9. The first-order valence-corrected chi connectivity index (χ1v) is 17.6. The summed E-state index contributed by atoms with van der Waals surface area (Å²) in [5.74, 6) is -0.759. The molecule has 5 aromatic rings. The minimum Gasteiger partial charge on any atom is -0.480 e. The number of nitrogens with two attached hydrogens (primary N) is 1. The number of imidazole rings is 1. The largest absolute Gasteiger partial charge is 0.480 e. The molecule has 7 rings (SSSR count). The van der Waals surface area contributed by atoms with Gasteiger partial charge in [0.15, 0.2) is 5.54 Å². The van der Waals surface area contributed by atoms with Crippen LogP contribution in [0.3, 0.4) is 0 Å². The van der Waals surface area contributed by atoms with E-state index < -0.39 is 11.5 Å². The number of nitrogens with one attached hydrogen (secondary N) is 2. The van der Waals surface area contributed by atoms with Crippen LogP contribution in [0.5, 0.6) is 0 Å². The zero-order chi connectivity index (χ0) is 35.1. The van der Waals surface area contributed by atoms with Crippen LogP contribution >= 0.6 is 0 Å². The van der Waals surface area contributed by atoms with Crippen molar-refractivity contribution in [3.63, 3.8) is 0 Å². The molecule has 1 unspecified atom stereocenters. The molecular formula is C40H47N7O3. The van der Waals surface area contributed by atoms with E-state index in [4.69, 9.17) is 10.7 Å². The van der Waals surface area contributed by atoms with Crippen LogP contribution < -0.4 is 16.4 Å². The lowest BCUT2D eigenvalue weighted by Crippen LogP contribution is -2.49. The van der Waals surface area contributed by atoms with Gasteiger partial charge in [0.2, 0.25) is 0 Å². The third-order valence-electron chi connectivity index (χ3n) is 9.91. The molecule has 3 aromatic carbocycles. The minimum absolute atomic E-state index is 0.0619. The van der Waals surface area contributed by atoms with Gasteiger partial charge in [-0.25, -0.2) is 14.6 Å². The second kappa shape index (κ2) is 15.7. The monoisotopic (exact) mass is 673 g/mol.